The fourth-order valence-electron chi connectivity index (χ4n) is 0.744. The maximum atomic E-state index is 8.54. The molecular formula is C11H27NO2. The molecule has 0 aromatic rings. The van der Waals surface area contributed by atoms with Crippen LogP contribution in [0.1, 0.15) is 40.0 Å². The molecule has 0 aliphatic heterocycles. The Bertz CT molecular complexity index is 94.5. The number of ether oxygens (including phenoxy) is 1. The van der Waals surface area contributed by atoms with Crippen molar-refractivity contribution in [3.63, 3.8) is 0 Å². The fraction of sp³-hybridized carbons (Fsp3) is 1.00. The molecule has 0 rings (SSSR count). The summed E-state index contributed by atoms with van der Waals surface area (Å²) in [6, 6.07) is -0.0446. The molecule has 0 aromatic carbocycles. The van der Waals surface area contributed by atoms with Crippen LogP contribution in [0.5, 0.6) is 0 Å². The Kier molecular flexibility index (Phi) is 15.0. The van der Waals surface area contributed by atoms with Crippen molar-refractivity contribution in [3.05, 3.63) is 0 Å². The van der Waals surface area contributed by atoms with Crippen LogP contribution in [0.4, 0.5) is 0 Å². The topological polar surface area (TPSA) is 55.5 Å². The number of hydrogen-bond donors (Lipinski definition) is 2. The van der Waals surface area contributed by atoms with Crippen LogP contribution in [-0.2, 0) is 4.74 Å². The third kappa shape index (κ3) is 22.6. The minimum absolute atomic E-state index is 0.0446. The van der Waals surface area contributed by atoms with Gasteiger partial charge in [-0.2, -0.15) is 0 Å². The summed E-state index contributed by atoms with van der Waals surface area (Å²) in [7, 11) is 1.69. The van der Waals surface area contributed by atoms with Gasteiger partial charge in [-0.3, -0.25) is 0 Å². The van der Waals surface area contributed by atoms with E-state index in [0.29, 0.717) is 0 Å². The van der Waals surface area contributed by atoms with E-state index in [0.717, 1.165) is 31.8 Å². The first kappa shape index (κ1) is 16.3. The van der Waals surface area contributed by atoms with E-state index in [4.69, 9.17) is 15.6 Å². The van der Waals surface area contributed by atoms with Gasteiger partial charge in [0, 0.05) is 19.8 Å². The van der Waals surface area contributed by atoms with Crippen LogP contribution in [0.3, 0.4) is 0 Å². The first-order valence-corrected chi connectivity index (χ1v) is 5.40. The van der Waals surface area contributed by atoms with Gasteiger partial charge in [0.25, 0.3) is 0 Å². The molecule has 3 N–H and O–H groups in total. The van der Waals surface area contributed by atoms with Crippen LogP contribution < -0.4 is 5.73 Å². The van der Waals surface area contributed by atoms with Crippen molar-refractivity contribution < 1.29 is 9.84 Å². The number of aliphatic hydroxyl groups excluding tert-OH is 1. The van der Waals surface area contributed by atoms with E-state index >= 15 is 0 Å². The van der Waals surface area contributed by atoms with Crippen LogP contribution in [0, 0.1) is 5.92 Å². The molecule has 0 bridgehead atoms. The zero-order valence-corrected chi connectivity index (χ0v) is 10.1. The van der Waals surface area contributed by atoms with Crippen LogP contribution in [0.2, 0.25) is 0 Å². The predicted octanol–water partition coefficient (Wildman–Crippen LogP) is 1.79. The van der Waals surface area contributed by atoms with E-state index < -0.39 is 0 Å². The number of methoxy groups -OCH3 is 1. The second-order valence-electron chi connectivity index (χ2n) is 4.16. The second-order valence-corrected chi connectivity index (χ2v) is 4.16. The molecule has 0 aliphatic carbocycles. The lowest BCUT2D eigenvalue weighted by Crippen LogP contribution is -2.23. The molecule has 1 unspecified atom stereocenters. The number of aliphatic hydroxyl groups is 1. The van der Waals surface area contributed by atoms with Crippen molar-refractivity contribution in [2.24, 2.45) is 11.7 Å². The van der Waals surface area contributed by atoms with Gasteiger partial charge in [0.05, 0.1) is 6.61 Å². The van der Waals surface area contributed by atoms with E-state index in [2.05, 4.69) is 20.8 Å². The maximum Gasteiger partial charge on any atom is 0.0582 e. The molecule has 0 fully saturated rings. The van der Waals surface area contributed by atoms with Crippen molar-refractivity contribution in [3.8, 4) is 0 Å². The molecule has 88 valence electrons. The zero-order valence-electron chi connectivity index (χ0n) is 10.1. The molecule has 0 saturated heterocycles. The zero-order chi connectivity index (χ0) is 11.4. The van der Waals surface area contributed by atoms with Crippen molar-refractivity contribution in [2.45, 2.75) is 46.1 Å². The second kappa shape index (κ2) is 12.9. The standard InChI is InChI=1S/C7H17NO2.C4H10/c1-10-5-3-2-4-7(8)6-9;1-4(2)3/h7,9H,2-6,8H2,1H3;4H,1-3H3. The summed E-state index contributed by atoms with van der Waals surface area (Å²) in [5, 5.41) is 8.54. The van der Waals surface area contributed by atoms with E-state index in [1.54, 1.807) is 7.11 Å². The summed E-state index contributed by atoms with van der Waals surface area (Å²) in [5.41, 5.74) is 5.46. The van der Waals surface area contributed by atoms with Crippen LogP contribution in [0.25, 0.3) is 0 Å². The Balaban J connectivity index is 0. The molecule has 14 heavy (non-hydrogen) atoms. The first-order chi connectivity index (χ1) is 6.54. The van der Waals surface area contributed by atoms with Crippen molar-refractivity contribution in [1.29, 1.82) is 0 Å². The van der Waals surface area contributed by atoms with Gasteiger partial charge in [0.15, 0.2) is 0 Å². The summed E-state index contributed by atoms with van der Waals surface area (Å²) >= 11 is 0. The van der Waals surface area contributed by atoms with Gasteiger partial charge in [0.2, 0.25) is 0 Å². The third-order valence-electron chi connectivity index (χ3n) is 1.41. The molecule has 0 aliphatic rings. The smallest absolute Gasteiger partial charge is 0.0582 e. The van der Waals surface area contributed by atoms with Crippen molar-refractivity contribution >= 4 is 0 Å². The SMILES string of the molecule is CC(C)C.COCCCCC(N)CO. The molecule has 0 radical (unpaired) electrons. The van der Waals surface area contributed by atoms with Gasteiger partial charge in [0.1, 0.15) is 0 Å². The summed E-state index contributed by atoms with van der Waals surface area (Å²) < 4.78 is 4.85. The summed E-state index contributed by atoms with van der Waals surface area (Å²) in [6.07, 6.45) is 2.96. The Morgan fingerprint density at radius 2 is 1.71 bits per heavy atom. The molecule has 0 amide bonds. The highest BCUT2D eigenvalue weighted by molar-refractivity contribution is 4.57. The minimum Gasteiger partial charge on any atom is -0.395 e. The van der Waals surface area contributed by atoms with Gasteiger partial charge in [-0.05, 0) is 25.2 Å². The third-order valence-corrected chi connectivity index (χ3v) is 1.41. The van der Waals surface area contributed by atoms with E-state index in [1.165, 1.54) is 0 Å². The molecular weight excluding hydrogens is 178 g/mol. The van der Waals surface area contributed by atoms with Gasteiger partial charge < -0.3 is 15.6 Å². The van der Waals surface area contributed by atoms with Crippen molar-refractivity contribution in [1.82, 2.24) is 0 Å². The normalized spacial score (nSPS) is 12.2. The lowest BCUT2D eigenvalue weighted by Gasteiger charge is -2.05. The summed E-state index contributed by atoms with van der Waals surface area (Å²) in [5.74, 6) is 0.833. The first-order valence-electron chi connectivity index (χ1n) is 5.40. The highest BCUT2D eigenvalue weighted by Gasteiger charge is 1.98. The summed E-state index contributed by atoms with van der Waals surface area (Å²) in [4.78, 5) is 0. The van der Waals surface area contributed by atoms with Gasteiger partial charge >= 0.3 is 0 Å². The lowest BCUT2D eigenvalue weighted by atomic mass is 10.1. The van der Waals surface area contributed by atoms with Gasteiger partial charge in [-0.1, -0.05) is 20.8 Å². The van der Waals surface area contributed by atoms with Crippen LogP contribution >= 0.6 is 0 Å². The largest absolute Gasteiger partial charge is 0.395 e. The molecule has 1 atom stereocenters. The van der Waals surface area contributed by atoms with Crippen molar-refractivity contribution in [2.75, 3.05) is 20.3 Å². The molecule has 0 spiro atoms. The van der Waals surface area contributed by atoms with Crippen LogP contribution in [-0.4, -0.2) is 31.5 Å². The summed E-state index contributed by atoms with van der Waals surface area (Å²) in [6.45, 7) is 7.38. The van der Waals surface area contributed by atoms with E-state index in [1.807, 2.05) is 0 Å². The van der Waals surface area contributed by atoms with Gasteiger partial charge in [-0.25, -0.2) is 0 Å². The average molecular weight is 205 g/mol. The average Bonchev–Trinajstić information content (AvgIpc) is 2.11. The fourth-order valence-corrected chi connectivity index (χ4v) is 0.744. The number of unbranched alkanes of at least 4 members (excludes halogenated alkanes) is 1. The Labute approximate surface area is 88.6 Å². The number of rotatable bonds is 6. The minimum atomic E-state index is -0.0446. The molecule has 0 aromatic heterocycles. The van der Waals surface area contributed by atoms with Crippen LogP contribution in [0.15, 0.2) is 0 Å². The monoisotopic (exact) mass is 205 g/mol. The maximum absolute atomic E-state index is 8.54. The Morgan fingerprint density at radius 3 is 2.07 bits per heavy atom. The highest BCUT2D eigenvalue weighted by Crippen LogP contribution is 1.97. The lowest BCUT2D eigenvalue weighted by molar-refractivity contribution is 0.188. The number of nitrogens with two attached hydrogens (primary N) is 1. The number of hydrogen-bond acceptors (Lipinski definition) is 3. The quantitative estimate of drug-likeness (QED) is 0.650. The Hall–Kier alpha value is -0.120. The predicted molar refractivity (Wildman–Crippen MR) is 61.3 cm³/mol. The Morgan fingerprint density at radius 1 is 1.21 bits per heavy atom. The molecule has 3 heteroatoms. The molecule has 0 heterocycles. The van der Waals surface area contributed by atoms with E-state index in [9.17, 15) is 0 Å². The highest BCUT2D eigenvalue weighted by atomic mass is 16.5. The van der Waals surface area contributed by atoms with Gasteiger partial charge in [-0.15, -0.1) is 0 Å². The molecule has 0 saturated carbocycles. The molecule has 3 nitrogen and oxygen atoms in total. The van der Waals surface area contributed by atoms with E-state index in [-0.39, 0.29) is 12.6 Å².